The normalized spacial score (nSPS) is 11.6. The Balaban J connectivity index is 2.06. The third kappa shape index (κ3) is 4.19. The van der Waals surface area contributed by atoms with Crippen molar-refractivity contribution in [2.75, 3.05) is 18.4 Å². The smallest absolute Gasteiger partial charge is 0.123 e. The van der Waals surface area contributed by atoms with E-state index >= 15 is 0 Å². The molecule has 0 aliphatic heterocycles. The highest BCUT2D eigenvalue weighted by molar-refractivity contribution is 6.22. The fourth-order valence-electron chi connectivity index (χ4n) is 2.09. The Bertz CT molecular complexity index is 538. The predicted molar refractivity (Wildman–Crippen MR) is 85.6 cm³/mol. The summed E-state index contributed by atoms with van der Waals surface area (Å²) in [6, 6.07) is 16.2. The number of benzene rings is 2. The molecule has 1 nitrogen and oxygen atoms in total. The SMILES string of the molecule is Fc1ccc(C(CCl)(CCl)COCc2ccccc2)cc1. The Hall–Kier alpha value is -1.09. The summed E-state index contributed by atoms with van der Waals surface area (Å²) in [5.41, 5.74) is 1.47. The molecule has 2 rings (SSSR count). The summed E-state index contributed by atoms with van der Waals surface area (Å²) in [5.74, 6) is 0.357. The van der Waals surface area contributed by atoms with E-state index in [2.05, 4.69) is 0 Å². The number of hydrogen-bond donors (Lipinski definition) is 0. The average Bonchev–Trinajstić information content (AvgIpc) is 2.54. The number of halogens is 3. The highest BCUT2D eigenvalue weighted by Gasteiger charge is 2.31. The van der Waals surface area contributed by atoms with E-state index in [1.54, 1.807) is 12.1 Å². The Labute approximate surface area is 134 Å². The van der Waals surface area contributed by atoms with Gasteiger partial charge in [0.05, 0.1) is 13.2 Å². The van der Waals surface area contributed by atoms with Crippen LogP contribution in [-0.2, 0) is 16.8 Å². The minimum absolute atomic E-state index is 0.276. The molecule has 0 aromatic heterocycles. The first-order valence-corrected chi connectivity index (χ1v) is 7.77. The van der Waals surface area contributed by atoms with Gasteiger partial charge in [0.25, 0.3) is 0 Å². The van der Waals surface area contributed by atoms with Crippen LogP contribution in [-0.4, -0.2) is 18.4 Å². The van der Waals surface area contributed by atoms with E-state index in [-0.39, 0.29) is 5.82 Å². The minimum Gasteiger partial charge on any atom is -0.376 e. The molecule has 2 aromatic carbocycles. The molecule has 0 saturated carbocycles. The summed E-state index contributed by atoms with van der Waals surface area (Å²) in [6.07, 6.45) is 0. The maximum Gasteiger partial charge on any atom is 0.123 e. The Kier molecular flexibility index (Phi) is 6.04. The van der Waals surface area contributed by atoms with Crippen molar-refractivity contribution in [2.24, 2.45) is 0 Å². The second-order valence-corrected chi connectivity index (χ2v) is 5.57. The number of alkyl halides is 2. The fraction of sp³-hybridized carbons (Fsp3) is 0.294. The zero-order valence-corrected chi connectivity index (χ0v) is 13.1. The van der Waals surface area contributed by atoms with Gasteiger partial charge in [-0.25, -0.2) is 4.39 Å². The maximum absolute atomic E-state index is 13.1. The molecule has 0 saturated heterocycles. The van der Waals surface area contributed by atoms with Gasteiger partial charge in [0.2, 0.25) is 0 Å². The van der Waals surface area contributed by atoms with E-state index in [9.17, 15) is 4.39 Å². The van der Waals surface area contributed by atoms with Crippen molar-refractivity contribution in [1.29, 1.82) is 0 Å². The molecule has 0 N–H and O–H groups in total. The zero-order chi connectivity index (χ0) is 15.1. The quantitative estimate of drug-likeness (QED) is 0.666. The van der Waals surface area contributed by atoms with Gasteiger partial charge in [-0.05, 0) is 23.3 Å². The summed E-state index contributed by atoms with van der Waals surface area (Å²) in [4.78, 5) is 0. The van der Waals surface area contributed by atoms with Crippen LogP contribution in [0.25, 0.3) is 0 Å². The highest BCUT2D eigenvalue weighted by Crippen LogP contribution is 2.28. The van der Waals surface area contributed by atoms with E-state index in [1.807, 2.05) is 30.3 Å². The molecule has 2 aromatic rings. The lowest BCUT2D eigenvalue weighted by molar-refractivity contribution is 0.0846. The predicted octanol–water partition coefficient (Wildman–Crippen LogP) is 4.76. The molecule has 0 aliphatic carbocycles. The van der Waals surface area contributed by atoms with Crippen molar-refractivity contribution in [3.63, 3.8) is 0 Å². The minimum atomic E-state index is -0.508. The van der Waals surface area contributed by atoms with Gasteiger partial charge in [0, 0.05) is 17.2 Å². The Morgan fingerprint density at radius 2 is 1.52 bits per heavy atom. The van der Waals surface area contributed by atoms with Crippen molar-refractivity contribution in [3.05, 3.63) is 71.5 Å². The molecule has 21 heavy (non-hydrogen) atoms. The second kappa shape index (κ2) is 7.79. The lowest BCUT2D eigenvalue weighted by Gasteiger charge is -2.30. The highest BCUT2D eigenvalue weighted by atomic mass is 35.5. The van der Waals surface area contributed by atoms with Crippen LogP contribution in [0.5, 0.6) is 0 Å². The summed E-state index contributed by atoms with van der Waals surface area (Å²) in [7, 11) is 0. The third-order valence-corrected chi connectivity index (χ3v) is 4.48. The topological polar surface area (TPSA) is 9.23 Å². The van der Waals surface area contributed by atoms with Crippen LogP contribution in [0.2, 0.25) is 0 Å². The van der Waals surface area contributed by atoms with Crippen molar-refractivity contribution < 1.29 is 9.13 Å². The van der Waals surface area contributed by atoms with Crippen LogP contribution < -0.4 is 0 Å². The number of rotatable bonds is 7. The third-order valence-electron chi connectivity index (χ3n) is 3.46. The Morgan fingerprint density at radius 3 is 2.10 bits per heavy atom. The first kappa shape index (κ1) is 16.3. The molecule has 0 spiro atoms. The van der Waals surface area contributed by atoms with Gasteiger partial charge in [-0.15, -0.1) is 23.2 Å². The summed E-state index contributed by atoms with van der Waals surface area (Å²) < 4.78 is 18.8. The van der Waals surface area contributed by atoms with Crippen LogP contribution in [0.4, 0.5) is 4.39 Å². The van der Waals surface area contributed by atoms with Crippen LogP contribution in [0.3, 0.4) is 0 Å². The van der Waals surface area contributed by atoms with Crippen molar-refractivity contribution in [1.82, 2.24) is 0 Å². The summed E-state index contributed by atoms with van der Waals surface area (Å²) in [5, 5.41) is 0. The fourth-order valence-corrected chi connectivity index (χ4v) is 2.84. The standard InChI is InChI=1S/C17H17Cl2FO/c18-11-17(12-19,15-6-8-16(20)9-7-15)13-21-10-14-4-2-1-3-5-14/h1-9H,10-13H2. The molecule has 0 fully saturated rings. The monoisotopic (exact) mass is 326 g/mol. The summed E-state index contributed by atoms with van der Waals surface area (Å²) >= 11 is 12.2. The molecule has 0 aliphatic rings. The van der Waals surface area contributed by atoms with E-state index in [4.69, 9.17) is 27.9 Å². The molecule has 4 heteroatoms. The van der Waals surface area contributed by atoms with E-state index in [0.29, 0.717) is 25.0 Å². The molecule has 0 radical (unpaired) electrons. The largest absolute Gasteiger partial charge is 0.376 e. The summed E-state index contributed by atoms with van der Waals surface area (Å²) in [6.45, 7) is 0.887. The first-order valence-electron chi connectivity index (χ1n) is 6.70. The molecule has 0 amide bonds. The number of hydrogen-bond acceptors (Lipinski definition) is 1. The lowest BCUT2D eigenvalue weighted by Crippen LogP contribution is -2.36. The van der Waals surface area contributed by atoms with Crippen LogP contribution in [0.1, 0.15) is 11.1 Å². The molecule has 0 atom stereocenters. The van der Waals surface area contributed by atoms with Gasteiger partial charge in [0.15, 0.2) is 0 Å². The van der Waals surface area contributed by atoms with Crippen molar-refractivity contribution in [2.45, 2.75) is 12.0 Å². The molecular formula is C17H17Cl2FO. The first-order chi connectivity index (χ1) is 10.2. The second-order valence-electron chi connectivity index (χ2n) is 5.03. The lowest BCUT2D eigenvalue weighted by atomic mass is 9.85. The van der Waals surface area contributed by atoms with E-state index in [1.165, 1.54) is 12.1 Å². The molecule has 0 heterocycles. The average molecular weight is 327 g/mol. The van der Waals surface area contributed by atoms with E-state index in [0.717, 1.165) is 11.1 Å². The van der Waals surface area contributed by atoms with Crippen LogP contribution >= 0.6 is 23.2 Å². The van der Waals surface area contributed by atoms with Gasteiger partial charge in [-0.3, -0.25) is 0 Å². The van der Waals surface area contributed by atoms with Crippen molar-refractivity contribution in [3.8, 4) is 0 Å². The molecule has 0 unspecified atom stereocenters. The van der Waals surface area contributed by atoms with Crippen LogP contribution in [0, 0.1) is 5.82 Å². The molecule has 0 bridgehead atoms. The van der Waals surface area contributed by atoms with Crippen molar-refractivity contribution >= 4 is 23.2 Å². The van der Waals surface area contributed by atoms with Crippen LogP contribution in [0.15, 0.2) is 54.6 Å². The van der Waals surface area contributed by atoms with Gasteiger partial charge in [0.1, 0.15) is 5.82 Å². The number of ether oxygens (including phenoxy) is 1. The van der Waals surface area contributed by atoms with Gasteiger partial charge in [-0.1, -0.05) is 42.5 Å². The van der Waals surface area contributed by atoms with Gasteiger partial charge >= 0.3 is 0 Å². The molecule has 112 valence electrons. The van der Waals surface area contributed by atoms with E-state index < -0.39 is 5.41 Å². The maximum atomic E-state index is 13.1. The van der Waals surface area contributed by atoms with Gasteiger partial charge in [-0.2, -0.15) is 0 Å². The zero-order valence-electron chi connectivity index (χ0n) is 11.6. The molecular weight excluding hydrogens is 310 g/mol. The Morgan fingerprint density at radius 1 is 0.905 bits per heavy atom. The van der Waals surface area contributed by atoms with Gasteiger partial charge < -0.3 is 4.74 Å².